The van der Waals surface area contributed by atoms with Gasteiger partial charge >= 0.3 is 0 Å². The molecule has 5 aromatic carbocycles. The standard InChI is InChI=1S/C36H27N3S/c1-36(2)29-19-11-12-20-31(29)40-32-23-26(21-22-30(32)36)34-37-33(25-15-7-4-8-16-25)38-35(39-34)28-18-10-9-17-27(28)24-13-5-3-6-14-24/h3-23H,1-2H3. The SMILES string of the molecule is CC1(C)c2ccccc2Sc2cc(-c3nc(-c4ccccc4)nc(-c4ccccc4-c4ccccc4)n3)ccc21. The summed E-state index contributed by atoms with van der Waals surface area (Å²) in [4.78, 5) is 17.6. The minimum atomic E-state index is -0.0796. The molecular weight excluding hydrogens is 506 g/mol. The Hall–Kier alpha value is -4.54. The van der Waals surface area contributed by atoms with Gasteiger partial charge in [0.2, 0.25) is 0 Å². The van der Waals surface area contributed by atoms with Gasteiger partial charge in [-0.1, -0.05) is 141 Å². The van der Waals surface area contributed by atoms with E-state index in [2.05, 4.69) is 98.8 Å². The number of benzene rings is 5. The molecule has 1 aliphatic heterocycles. The Kier molecular flexibility index (Phi) is 6.06. The Labute approximate surface area is 239 Å². The molecule has 0 saturated heterocycles. The van der Waals surface area contributed by atoms with Crippen LogP contribution >= 0.6 is 11.8 Å². The van der Waals surface area contributed by atoms with Crippen LogP contribution in [-0.2, 0) is 5.41 Å². The molecule has 4 heteroatoms. The molecule has 0 N–H and O–H groups in total. The van der Waals surface area contributed by atoms with Crippen molar-refractivity contribution in [1.82, 2.24) is 15.0 Å². The minimum absolute atomic E-state index is 0.0796. The van der Waals surface area contributed by atoms with Gasteiger partial charge in [-0.15, -0.1) is 0 Å². The first-order valence-electron chi connectivity index (χ1n) is 13.5. The van der Waals surface area contributed by atoms with Gasteiger partial charge in [-0.25, -0.2) is 15.0 Å². The van der Waals surface area contributed by atoms with Crippen molar-refractivity contribution < 1.29 is 0 Å². The molecule has 192 valence electrons. The predicted molar refractivity (Wildman–Crippen MR) is 164 cm³/mol. The van der Waals surface area contributed by atoms with Crippen LogP contribution in [0.25, 0.3) is 45.3 Å². The third-order valence-electron chi connectivity index (χ3n) is 7.61. The molecular formula is C36H27N3S. The predicted octanol–water partition coefficient (Wildman–Crippen LogP) is 9.33. The van der Waals surface area contributed by atoms with Crippen LogP contribution in [0.3, 0.4) is 0 Å². The summed E-state index contributed by atoms with van der Waals surface area (Å²) in [5.74, 6) is 2.01. The van der Waals surface area contributed by atoms with Crippen LogP contribution < -0.4 is 0 Å². The molecule has 7 rings (SSSR count). The van der Waals surface area contributed by atoms with Crippen molar-refractivity contribution in [2.75, 3.05) is 0 Å². The molecule has 1 aliphatic rings. The number of hydrogen-bond acceptors (Lipinski definition) is 4. The van der Waals surface area contributed by atoms with Crippen molar-refractivity contribution in [2.24, 2.45) is 0 Å². The van der Waals surface area contributed by atoms with E-state index in [1.807, 2.05) is 54.2 Å². The summed E-state index contributed by atoms with van der Waals surface area (Å²) in [5, 5.41) is 0. The normalized spacial score (nSPS) is 13.3. The highest BCUT2D eigenvalue weighted by Gasteiger charge is 2.33. The second-order valence-corrected chi connectivity index (χ2v) is 11.6. The maximum absolute atomic E-state index is 5.08. The molecule has 0 bridgehead atoms. The summed E-state index contributed by atoms with van der Waals surface area (Å²) >= 11 is 1.82. The van der Waals surface area contributed by atoms with Crippen LogP contribution in [0, 0.1) is 0 Å². The van der Waals surface area contributed by atoms with Crippen molar-refractivity contribution in [1.29, 1.82) is 0 Å². The Bertz CT molecular complexity index is 1850. The highest BCUT2D eigenvalue weighted by molar-refractivity contribution is 7.99. The molecule has 0 fully saturated rings. The van der Waals surface area contributed by atoms with E-state index in [1.165, 1.54) is 20.9 Å². The number of rotatable bonds is 4. The van der Waals surface area contributed by atoms with Crippen molar-refractivity contribution in [3.8, 4) is 45.3 Å². The minimum Gasteiger partial charge on any atom is -0.208 e. The number of fused-ring (bicyclic) bond motifs is 2. The maximum Gasteiger partial charge on any atom is 0.164 e. The molecule has 1 aromatic heterocycles. The number of nitrogens with zero attached hydrogens (tertiary/aromatic N) is 3. The lowest BCUT2D eigenvalue weighted by molar-refractivity contribution is 0.607. The van der Waals surface area contributed by atoms with Gasteiger partial charge in [0, 0.05) is 31.9 Å². The molecule has 0 unspecified atom stereocenters. The smallest absolute Gasteiger partial charge is 0.164 e. The summed E-state index contributed by atoms with van der Waals surface area (Å²) < 4.78 is 0. The van der Waals surface area contributed by atoms with Gasteiger partial charge in [0.1, 0.15) is 0 Å². The summed E-state index contributed by atoms with van der Waals surface area (Å²) in [6.07, 6.45) is 0. The van der Waals surface area contributed by atoms with E-state index in [1.54, 1.807) is 0 Å². The van der Waals surface area contributed by atoms with Gasteiger partial charge in [0.05, 0.1) is 0 Å². The molecule has 0 spiro atoms. The molecule has 40 heavy (non-hydrogen) atoms. The summed E-state index contributed by atoms with van der Waals surface area (Å²) in [7, 11) is 0. The van der Waals surface area contributed by atoms with Gasteiger partial charge in [-0.3, -0.25) is 0 Å². The number of hydrogen-bond donors (Lipinski definition) is 0. The molecule has 2 heterocycles. The first kappa shape index (κ1) is 24.5. The van der Waals surface area contributed by atoms with Crippen LogP contribution in [0.15, 0.2) is 137 Å². The topological polar surface area (TPSA) is 38.7 Å². The lowest BCUT2D eigenvalue weighted by Gasteiger charge is -2.34. The van der Waals surface area contributed by atoms with Crippen LogP contribution in [0.4, 0.5) is 0 Å². The molecule has 3 nitrogen and oxygen atoms in total. The van der Waals surface area contributed by atoms with E-state index in [9.17, 15) is 0 Å². The zero-order chi connectivity index (χ0) is 27.1. The van der Waals surface area contributed by atoms with Crippen LogP contribution in [0.1, 0.15) is 25.0 Å². The fourth-order valence-corrected chi connectivity index (χ4v) is 6.92. The van der Waals surface area contributed by atoms with Crippen molar-refractivity contribution in [3.63, 3.8) is 0 Å². The lowest BCUT2D eigenvalue weighted by Crippen LogP contribution is -2.23. The van der Waals surface area contributed by atoms with Crippen LogP contribution in [0.2, 0.25) is 0 Å². The Balaban J connectivity index is 1.40. The third kappa shape index (κ3) is 4.31. The zero-order valence-corrected chi connectivity index (χ0v) is 23.2. The molecule has 6 aromatic rings. The Morgan fingerprint density at radius 1 is 0.450 bits per heavy atom. The van der Waals surface area contributed by atoms with Crippen molar-refractivity contribution in [2.45, 2.75) is 29.1 Å². The average molecular weight is 534 g/mol. The highest BCUT2D eigenvalue weighted by Crippen LogP contribution is 2.49. The summed E-state index contributed by atoms with van der Waals surface area (Å²) in [5.41, 5.74) is 7.77. The largest absolute Gasteiger partial charge is 0.208 e. The molecule has 0 amide bonds. The van der Waals surface area contributed by atoms with Gasteiger partial charge in [0.15, 0.2) is 17.5 Å². The zero-order valence-electron chi connectivity index (χ0n) is 22.4. The van der Waals surface area contributed by atoms with E-state index in [0.717, 1.165) is 27.8 Å². The second kappa shape index (κ2) is 9.89. The van der Waals surface area contributed by atoms with E-state index in [4.69, 9.17) is 15.0 Å². The highest BCUT2D eigenvalue weighted by atomic mass is 32.2. The lowest BCUT2D eigenvalue weighted by atomic mass is 9.77. The second-order valence-electron chi connectivity index (χ2n) is 10.5. The third-order valence-corrected chi connectivity index (χ3v) is 8.75. The van der Waals surface area contributed by atoms with Crippen molar-refractivity contribution >= 4 is 11.8 Å². The first-order chi connectivity index (χ1) is 19.6. The Morgan fingerprint density at radius 3 is 1.75 bits per heavy atom. The maximum atomic E-state index is 5.08. The monoisotopic (exact) mass is 533 g/mol. The van der Waals surface area contributed by atoms with Crippen molar-refractivity contribution in [3.05, 3.63) is 139 Å². The molecule has 0 atom stereocenters. The average Bonchev–Trinajstić information content (AvgIpc) is 3.01. The van der Waals surface area contributed by atoms with Crippen LogP contribution in [-0.4, -0.2) is 15.0 Å². The molecule has 0 radical (unpaired) electrons. The van der Waals surface area contributed by atoms with Gasteiger partial charge < -0.3 is 0 Å². The van der Waals surface area contributed by atoms with Gasteiger partial charge in [-0.05, 0) is 34.4 Å². The van der Waals surface area contributed by atoms with Gasteiger partial charge in [-0.2, -0.15) is 0 Å². The molecule has 0 saturated carbocycles. The van der Waals surface area contributed by atoms with Gasteiger partial charge in [0.25, 0.3) is 0 Å². The van der Waals surface area contributed by atoms with E-state index < -0.39 is 0 Å². The van der Waals surface area contributed by atoms with Crippen LogP contribution in [0.5, 0.6) is 0 Å². The van der Waals surface area contributed by atoms with E-state index in [0.29, 0.717) is 17.5 Å². The fourth-order valence-electron chi connectivity index (χ4n) is 5.49. The number of aromatic nitrogens is 3. The Morgan fingerprint density at radius 2 is 1.00 bits per heavy atom. The van der Waals surface area contributed by atoms with E-state index >= 15 is 0 Å². The summed E-state index contributed by atoms with van der Waals surface area (Å²) in [6, 6.07) is 44.2. The first-order valence-corrected chi connectivity index (χ1v) is 14.3. The van der Waals surface area contributed by atoms with E-state index in [-0.39, 0.29) is 5.41 Å². The summed E-state index contributed by atoms with van der Waals surface area (Å²) in [6.45, 7) is 4.61. The fraction of sp³-hybridized carbons (Fsp3) is 0.0833. The molecule has 0 aliphatic carbocycles. The quantitative estimate of drug-likeness (QED) is 0.226.